The Kier molecular flexibility index (Phi) is 9.17. The fourth-order valence-corrected chi connectivity index (χ4v) is 3.20. The summed E-state index contributed by atoms with van der Waals surface area (Å²) >= 11 is 5.81. The Morgan fingerprint density at radius 2 is 2.23 bits per heavy atom. The molecule has 0 aliphatic carbocycles. The van der Waals surface area contributed by atoms with Crippen LogP contribution in [0.2, 0.25) is 5.02 Å². The van der Waals surface area contributed by atoms with E-state index in [9.17, 15) is 0 Å². The first-order valence-electron chi connectivity index (χ1n) is 8.69. The van der Waals surface area contributed by atoms with Crippen LogP contribution in [0.4, 0.5) is 0 Å². The molecule has 3 heterocycles. The van der Waals surface area contributed by atoms with Gasteiger partial charge < -0.3 is 24.4 Å². The third-order valence-corrected chi connectivity index (χ3v) is 4.54. The zero-order chi connectivity index (χ0) is 17.5. The van der Waals surface area contributed by atoms with Crippen LogP contribution in [0.25, 0.3) is 0 Å². The molecule has 2 fully saturated rings. The van der Waals surface area contributed by atoms with Crippen LogP contribution in [-0.4, -0.2) is 74.6 Å². The van der Waals surface area contributed by atoms with Crippen LogP contribution in [0, 0.1) is 0 Å². The molecule has 0 bridgehead atoms. The fraction of sp³-hybridized carbons (Fsp3) is 0.647. The first kappa shape index (κ1) is 21.5. The number of hydrogen-bond acceptors (Lipinski definition) is 5. The van der Waals surface area contributed by atoms with Crippen molar-refractivity contribution in [3.63, 3.8) is 0 Å². The van der Waals surface area contributed by atoms with Crippen molar-refractivity contribution >= 4 is 41.5 Å². The van der Waals surface area contributed by atoms with E-state index in [0.717, 1.165) is 38.5 Å². The quantitative estimate of drug-likeness (QED) is 0.292. The van der Waals surface area contributed by atoms with Gasteiger partial charge in [-0.05, 0) is 18.9 Å². The number of ether oxygens (including phenoxy) is 3. The highest BCUT2D eigenvalue weighted by atomic mass is 127. The van der Waals surface area contributed by atoms with E-state index >= 15 is 0 Å². The van der Waals surface area contributed by atoms with Gasteiger partial charge >= 0.3 is 0 Å². The highest BCUT2D eigenvalue weighted by molar-refractivity contribution is 14.0. The summed E-state index contributed by atoms with van der Waals surface area (Å²) in [6, 6.07) is 3.51. The average molecular weight is 497 g/mol. The minimum atomic E-state index is 0. The highest BCUT2D eigenvalue weighted by Gasteiger charge is 2.32. The summed E-state index contributed by atoms with van der Waals surface area (Å²) in [7, 11) is 1.79. The Morgan fingerprint density at radius 3 is 2.92 bits per heavy atom. The van der Waals surface area contributed by atoms with E-state index in [0.29, 0.717) is 30.7 Å². The molecule has 0 spiro atoms. The number of morpholine rings is 1. The summed E-state index contributed by atoms with van der Waals surface area (Å²) in [6.07, 6.45) is 4.09. The van der Waals surface area contributed by atoms with Crippen molar-refractivity contribution in [2.75, 3.05) is 46.5 Å². The second-order valence-corrected chi connectivity index (χ2v) is 6.48. The summed E-state index contributed by atoms with van der Waals surface area (Å²) in [4.78, 5) is 10.7. The number of nitrogens with zero attached hydrogens (tertiary/aromatic N) is 3. The predicted octanol–water partition coefficient (Wildman–Crippen LogP) is 2.19. The molecule has 0 amide bonds. The van der Waals surface area contributed by atoms with E-state index < -0.39 is 0 Å². The maximum atomic E-state index is 5.89. The largest absolute Gasteiger partial charge is 0.476 e. The molecule has 2 atom stereocenters. The number of aliphatic imine (C=N–C) groups is 1. The zero-order valence-corrected chi connectivity index (χ0v) is 18.0. The van der Waals surface area contributed by atoms with Crippen molar-refractivity contribution in [2.45, 2.75) is 25.0 Å². The molecule has 1 N–H and O–H groups in total. The molecule has 1 aromatic heterocycles. The molecule has 0 radical (unpaired) electrons. The lowest BCUT2D eigenvalue weighted by Gasteiger charge is -2.37. The maximum Gasteiger partial charge on any atom is 0.213 e. The third kappa shape index (κ3) is 6.11. The average Bonchev–Trinajstić information content (AvgIpc) is 3.18. The topological polar surface area (TPSA) is 68.2 Å². The third-order valence-electron chi connectivity index (χ3n) is 4.32. The molecular formula is C17H26ClIN4O3. The molecule has 1 aromatic rings. The van der Waals surface area contributed by atoms with Gasteiger partial charge in [0.1, 0.15) is 12.7 Å². The summed E-state index contributed by atoms with van der Waals surface area (Å²) in [5.41, 5.74) is 0. The molecule has 0 saturated carbocycles. The number of rotatable bonds is 5. The first-order chi connectivity index (χ1) is 12.3. The Bertz CT molecular complexity index is 570. The number of nitrogens with one attached hydrogen (secondary N) is 1. The van der Waals surface area contributed by atoms with Gasteiger partial charge in [0.25, 0.3) is 0 Å². The number of hydrogen-bond donors (Lipinski definition) is 1. The molecule has 2 unspecified atom stereocenters. The molecule has 146 valence electrons. The summed E-state index contributed by atoms with van der Waals surface area (Å²) in [6.45, 7) is 4.28. The Morgan fingerprint density at radius 1 is 1.38 bits per heavy atom. The second-order valence-electron chi connectivity index (χ2n) is 6.04. The van der Waals surface area contributed by atoms with Gasteiger partial charge in [0.05, 0.1) is 24.3 Å². The Hall–Kier alpha value is -0.840. The van der Waals surface area contributed by atoms with Crippen molar-refractivity contribution in [2.24, 2.45) is 4.99 Å². The van der Waals surface area contributed by atoms with Crippen LogP contribution in [-0.2, 0) is 9.47 Å². The van der Waals surface area contributed by atoms with Crippen LogP contribution in [0.3, 0.4) is 0 Å². The van der Waals surface area contributed by atoms with Crippen molar-refractivity contribution in [3.8, 4) is 5.88 Å². The lowest BCUT2D eigenvalue weighted by atomic mass is 10.1. The van der Waals surface area contributed by atoms with Crippen LogP contribution >= 0.6 is 35.6 Å². The number of guanidine groups is 1. The molecule has 26 heavy (non-hydrogen) atoms. The van der Waals surface area contributed by atoms with Gasteiger partial charge in [0.2, 0.25) is 5.88 Å². The molecule has 2 aliphatic heterocycles. The van der Waals surface area contributed by atoms with Gasteiger partial charge in [0.15, 0.2) is 5.96 Å². The molecule has 7 nitrogen and oxygen atoms in total. The number of aromatic nitrogens is 1. The number of halogens is 2. The van der Waals surface area contributed by atoms with Gasteiger partial charge in [-0.2, -0.15) is 0 Å². The molecule has 2 aliphatic rings. The molecule has 9 heteroatoms. The van der Waals surface area contributed by atoms with Gasteiger partial charge in [-0.3, -0.25) is 4.99 Å². The minimum Gasteiger partial charge on any atom is -0.476 e. The zero-order valence-electron chi connectivity index (χ0n) is 14.9. The lowest BCUT2D eigenvalue weighted by Crippen LogP contribution is -2.53. The summed E-state index contributed by atoms with van der Waals surface area (Å²) in [5, 5.41) is 3.93. The van der Waals surface area contributed by atoms with Crippen molar-refractivity contribution < 1.29 is 14.2 Å². The van der Waals surface area contributed by atoms with Gasteiger partial charge in [-0.25, -0.2) is 4.98 Å². The van der Waals surface area contributed by atoms with Gasteiger partial charge in [0, 0.05) is 39.0 Å². The van der Waals surface area contributed by atoms with E-state index in [1.54, 1.807) is 25.4 Å². The van der Waals surface area contributed by atoms with Crippen molar-refractivity contribution in [3.05, 3.63) is 23.4 Å². The van der Waals surface area contributed by atoms with E-state index in [2.05, 4.69) is 20.2 Å². The predicted molar refractivity (Wildman–Crippen MR) is 112 cm³/mol. The lowest BCUT2D eigenvalue weighted by molar-refractivity contribution is -0.0817. The van der Waals surface area contributed by atoms with Crippen molar-refractivity contribution in [1.82, 2.24) is 15.2 Å². The van der Waals surface area contributed by atoms with Crippen LogP contribution < -0.4 is 10.1 Å². The number of pyridine rings is 1. The highest BCUT2D eigenvalue weighted by Crippen LogP contribution is 2.21. The molecule has 3 rings (SSSR count). The van der Waals surface area contributed by atoms with E-state index in [-0.39, 0.29) is 36.2 Å². The monoisotopic (exact) mass is 496 g/mol. The van der Waals surface area contributed by atoms with E-state index in [4.69, 9.17) is 25.8 Å². The molecular weight excluding hydrogens is 471 g/mol. The smallest absolute Gasteiger partial charge is 0.213 e. The maximum absolute atomic E-state index is 5.89. The SMILES string of the molecule is CN=C(NCCOc1ccc(Cl)cn1)N1CCOC(C2CCCO2)C1.I. The van der Waals surface area contributed by atoms with Crippen LogP contribution in [0.15, 0.2) is 23.3 Å². The second kappa shape index (κ2) is 11.1. The fourth-order valence-electron chi connectivity index (χ4n) is 3.09. The molecule has 2 saturated heterocycles. The van der Waals surface area contributed by atoms with E-state index in [1.807, 2.05) is 0 Å². The Balaban J connectivity index is 0.00000243. The van der Waals surface area contributed by atoms with Crippen LogP contribution in [0.1, 0.15) is 12.8 Å². The van der Waals surface area contributed by atoms with E-state index in [1.165, 1.54) is 0 Å². The van der Waals surface area contributed by atoms with Crippen molar-refractivity contribution in [1.29, 1.82) is 0 Å². The first-order valence-corrected chi connectivity index (χ1v) is 9.07. The molecule has 0 aromatic carbocycles. The van der Waals surface area contributed by atoms with Crippen LogP contribution in [0.5, 0.6) is 5.88 Å². The van der Waals surface area contributed by atoms with Gasteiger partial charge in [-0.15, -0.1) is 24.0 Å². The minimum absolute atomic E-state index is 0. The summed E-state index contributed by atoms with van der Waals surface area (Å²) < 4.78 is 17.2. The van der Waals surface area contributed by atoms with Gasteiger partial charge in [-0.1, -0.05) is 11.6 Å². The normalized spacial score (nSPS) is 23.5. The Labute approximate surface area is 176 Å². The summed E-state index contributed by atoms with van der Waals surface area (Å²) in [5.74, 6) is 1.42. The standard InChI is InChI=1S/C17H25ClN4O3.HI/c1-19-17(20-6-9-25-16-5-4-13(18)11-21-16)22-7-10-24-15(12-22)14-3-2-8-23-14;/h4-5,11,14-15H,2-3,6-10,12H2,1H3,(H,19,20);1H.